The van der Waals surface area contributed by atoms with Gasteiger partial charge in [0.2, 0.25) is 5.90 Å². The highest BCUT2D eigenvalue weighted by Gasteiger charge is 2.27. The average Bonchev–Trinajstić information content (AvgIpc) is 3.12. The van der Waals surface area contributed by atoms with Gasteiger partial charge < -0.3 is 18.9 Å². The number of nitro benzene ring substituents is 1. The molecule has 0 aliphatic carbocycles. The summed E-state index contributed by atoms with van der Waals surface area (Å²) < 4.78 is 20.3. The minimum Gasteiger partial charge on any atom is -0.493 e. The minimum absolute atomic E-state index is 0.0349. The lowest BCUT2D eigenvalue weighted by atomic mass is 10.1. The van der Waals surface area contributed by atoms with Crippen molar-refractivity contribution in [3.05, 3.63) is 67.9 Å². The number of esters is 2. The normalized spacial score (nSPS) is 14.1. The Balaban J connectivity index is 1.95. The summed E-state index contributed by atoms with van der Waals surface area (Å²) in [6.07, 6.45) is 1.42. The second-order valence-electron chi connectivity index (χ2n) is 6.44. The van der Waals surface area contributed by atoms with Crippen LogP contribution in [-0.2, 0) is 19.1 Å². The Hall–Kier alpha value is -3.92. The summed E-state index contributed by atoms with van der Waals surface area (Å²) in [6.45, 7) is 1.18. The van der Waals surface area contributed by atoms with E-state index in [2.05, 4.69) is 9.73 Å². The van der Waals surface area contributed by atoms with Crippen molar-refractivity contribution < 1.29 is 33.5 Å². The van der Waals surface area contributed by atoms with E-state index in [9.17, 15) is 19.7 Å². The second-order valence-corrected chi connectivity index (χ2v) is 6.85. The number of methoxy groups -OCH3 is 2. The van der Waals surface area contributed by atoms with Crippen molar-refractivity contribution in [1.82, 2.24) is 0 Å². The van der Waals surface area contributed by atoms with Crippen LogP contribution in [0.25, 0.3) is 6.08 Å². The molecule has 0 amide bonds. The summed E-state index contributed by atoms with van der Waals surface area (Å²) in [7, 11) is 2.61. The fraction of sp³-hybridized carbons (Fsp3) is 0.190. The lowest BCUT2D eigenvalue weighted by molar-refractivity contribution is -0.385. The second kappa shape index (κ2) is 9.48. The molecule has 11 heteroatoms. The number of carbonyl (C=O) groups excluding carboxylic acids is 2. The number of nitrogens with zero attached hydrogens (tertiary/aromatic N) is 2. The number of aliphatic imine (C=N–C) groups is 1. The Labute approximate surface area is 187 Å². The van der Waals surface area contributed by atoms with Crippen molar-refractivity contribution in [3.63, 3.8) is 0 Å². The van der Waals surface area contributed by atoms with Gasteiger partial charge in [0.25, 0.3) is 5.69 Å². The average molecular weight is 461 g/mol. The first-order chi connectivity index (χ1) is 15.2. The molecule has 2 aromatic carbocycles. The monoisotopic (exact) mass is 460 g/mol. The largest absolute Gasteiger partial charge is 0.493 e. The number of rotatable bonds is 7. The van der Waals surface area contributed by atoms with Gasteiger partial charge in [0.05, 0.1) is 24.2 Å². The van der Waals surface area contributed by atoms with Crippen LogP contribution in [0.5, 0.6) is 11.5 Å². The van der Waals surface area contributed by atoms with Gasteiger partial charge in [-0.25, -0.2) is 14.6 Å². The first kappa shape index (κ1) is 22.8. The molecule has 1 aliphatic heterocycles. The van der Waals surface area contributed by atoms with Gasteiger partial charge in [-0.1, -0.05) is 17.7 Å². The van der Waals surface area contributed by atoms with Crippen molar-refractivity contribution in [2.45, 2.75) is 6.92 Å². The molecule has 0 spiro atoms. The van der Waals surface area contributed by atoms with Gasteiger partial charge in [-0.3, -0.25) is 10.1 Å². The molecule has 0 bridgehead atoms. The Bertz CT molecular complexity index is 1170. The van der Waals surface area contributed by atoms with Gasteiger partial charge in [0.15, 0.2) is 23.8 Å². The molecule has 0 N–H and O–H groups in total. The van der Waals surface area contributed by atoms with Gasteiger partial charge in [0, 0.05) is 17.2 Å². The molecular formula is C21H17ClN2O8. The number of nitro groups is 1. The topological polar surface area (TPSA) is 127 Å². The maximum absolute atomic E-state index is 12.3. The molecule has 0 saturated heterocycles. The standard InChI is InChI=1S/C21H17ClN2O8/c1-11-13(5-4-6-16(11)24(27)28)20-23-15(21(26)32-20)8-12-7-14(22)19(17(9-12)29-2)31-10-18(25)30-3/h4-9H,10H2,1-3H3/b15-8-. The molecule has 3 rings (SSSR count). The van der Waals surface area contributed by atoms with Gasteiger partial charge in [-0.05, 0) is 36.8 Å². The van der Waals surface area contributed by atoms with Crippen LogP contribution >= 0.6 is 11.6 Å². The summed E-state index contributed by atoms with van der Waals surface area (Å²) in [5, 5.41) is 11.3. The van der Waals surface area contributed by atoms with Crippen LogP contribution in [0.3, 0.4) is 0 Å². The van der Waals surface area contributed by atoms with E-state index >= 15 is 0 Å². The van der Waals surface area contributed by atoms with Gasteiger partial charge >= 0.3 is 11.9 Å². The van der Waals surface area contributed by atoms with Crippen LogP contribution in [0, 0.1) is 17.0 Å². The molecule has 0 radical (unpaired) electrons. The number of cyclic esters (lactones) is 1. The van der Waals surface area contributed by atoms with E-state index in [1.165, 1.54) is 44.6 Å². The molecule has 10 nitrogen and oxygen atoms in total. The Kier molecular flexibility index (Phi) is 6.74. The fourth-order valence-electron chi connectivity index (χ4n) is 2.89. The van der Waals surface area contributed by atoms with Crippen molar-refractivity contribution in [1.29, 1.82) is 0 Å². The van der Waals surface area contributed by atoms with Crippen molar-refractivity contribution in [2.24, 2.45) is 4.99 Å². The van der Waals surface area contributed by atoms with Crippen LogP contribution < -0.4 is 9.47 Å². The third-order valence-corrected chi connectivity index (χ3v) is 4.75. The van der Waals surface area contributed by atoms with E-state index in [1.807, 2.05) is 0 Å². The SMILES string of the molecule is COC(=O)COc1c(Cl)cc(/C=C2\N=C(c3cccc([N+](=O)[O-])c3C)OC2=O)cc1OC. The van der Waals surface area contributed by atoms with E-state index < -0.39 is 16.9 Å². The number of hydrogen-bond donors (Lipinski definition) is 0. The van der Waals surface area contributed by atoms with Gasteiger partial charge in [-0.15, -0.1) is 0 Å². The summed E-state index contributed by atoms with van der Waals surface area (Å²) >= 11 is 6.25. The maximum Gasteiger partial charge on any atom is 0.363 e. The van der Waals surface area contributed by atoms with Gasteiger partial charge in [0.1, 0.15) is 0 Å². The third-order valence-electron chi connectivity index (χ3n) is 4.47. The smallest absolute Gasteiger partial charge is 0.363 e. The number of halogens is 1. The molecule has 1 aliphatic rings. The maximum atomic E-state index is 12.3. The zero-order valence-electron chi connectivity index (χ0n) is 17.2. The lowest BCUT2D eigenvalue weighted by Crippen LogP contribution is -2.13. The van der Waals surface area contributed by atoms with Crippen LogP contribution in [0.4, 0.5) is 5.69 Å². The first-order valence-corrected chi connectivity index (χ1v) is 9.47. The summed E-state index contributed by atoms with van der Waals surface area (Å²) in [4.78, 5) is 38.5. The van der Waals surface area contributed by atoms with E-state index in [0.29, 0.717) is 16.7 Å². The van der Waals surface area contributed by atoms with Crippen LogP contribution in [0.15, 0.2) is 41.0 Å². The number of benzene rings is 2. The minimum atomic E-state index is -0.730. The van der Waals surface area contributed by atoms with E-state index in [-0.39, 0.29) is 40.4 Å². The van der Waals surface area contributed by atoms with Crippen LogP contribution in [-0.4, -0.2) is 43.6 Å². The highest BCUT2D eigenvalue weighted by atomic mass is 35.5. The predicted molar refractivity (Wildman–Crippen MR) is 114 cm³/mol. The van der Waals surface area contributed by atoms with Crippen molar-refractivity contribution in [2.75, 3.05) is 20.8 Å². The lowest BCUT2D eigenvalue weighted by Gasteiger charge is -2.12. The van der Waals surface area contributed by atoms with Crippen molar-refractivity contribution >= 4 is 41.2 Å². The zero-order chi connectivity index (χ0) is 23.4. The first-order valence-electron chi connectivity index (χ1n) is 9.09. The van der Waals surface area contributed by atoms with E-state index in [4.69, 9.17) is 25.8 Å². The Morgan fingerprint density at radius 2 is 2.06 bits per heavy atom. The molecule has 0 atom stereocenters. The van der Waals surface area contributed by atoms with E-state index in [1.54, 1.807) is 13.0 Å². The molecule has 0 aromatic heterocycles. The molecule has 0 fully saturated rings. The van der Waals surface area contributed by atoms with Gasteiger partial charge in [-0.2, -0.15) is 0 Å². The predicted octanol–water partition coefficient (Wildman–Crippen LogP) is 3.46. The highest BCUT2D eigenvalue weighted by Crippen LogP contribution is 2.37. The highest BCUT2D eigenvalue weighted by molar-refractivity contribution is 6.32. The van der Waals surface area contributed by atoms with Crippen LogP contribution in [0.2, 0.25) is 5.02 Å². The third kappa shape index (κ3) is 4.70. The zero-order valence-corrected chi connectivity index (χ0v) is 18.0. The molecule has 1 heterocycles. The summed E-state index contributed by atoms with van der Waals surface area (Å²) in [6, 6.07) is 7.43. The molecule has 0 saturated carbocycles. The molecule has 32 heavy (non-hydrogen) atoms. The molecule has 0 unspecified atom stereocenters. The number of hydrogen-bond acceptors (Lipinski definition) is 9. The quantitative estimate of drug-likeness (QED) is 0.266. The summed E-state index contributed by atoms with van der Waals surface area (Å²) in [5.74, 6) is -1.02. The summed E-state index contributed by atoms with van der Waals surface area (Å²) in [5.41, 5.74) is 0.954. The van der Waals surface area contributed by atoms with E-state index in [0.717, 1.165) is 0 Å². The molecule has 2 aromatic rings. The Morgan fingerprint density at radius 3 is 2.72 bits per heavy atom. The molecule has 166 valence electrons. The number of ether oxygens (including phenoxy) is 4. The fourth-order valence-corrected chi connectivity index (χ4v) is 3.16. The Morgan fingerprint density at radius 1 is 1.31 bits per heavy atom. The van der Waals surface area contributed by atoms with Crippen molar-refractivity contribution in [3.8, 4) is 11.5 Å². The van der Waals surface area contributed by atoms with Crippen LogP contribution in [0.1, 0.15) is 16.7 Å². The number of carbonyl (C=O) groups is 2. The molecular weight excluding hydrogens is 444 g/mol.